The second-order valence-electron chi connectivity index (χ2n) is 9.36. The van der Waals surface area contributed by atoms with E-state index in [0.717, 1.165) is 33.2 Å². The molecule has 0 radical (unpaired) electrons. The molecule has 0 saturated heterocycles. The van der Waals surface area contributed by atoms with Crippen LogP contribution in [0.5, 0.6) is 0 Å². The molecule has 204 valence electrons. The van der Waals surface area contributed by atoms with E-state index in [1.54, 1.807) is 7.05 Å². The Kier molecular flexibility index (Phi) is 9.92. The molecule has 1 atom stereocenters. The largest absolute Gasteiger partial charge is 0.480 e. The van der Waals surface area contributed by atoms with E-state index in [0.29, 0.717) is 55.4 Å². The van der Waals surface area contributed by atoms with Crippen LogP contribution < -0.4 is 10.6 Å². The van der Waals surface area contributed by atoms with Gasteiger partial charge in [0.1, 0.15) is 6.04 Å². The summed E-state index contributed by atoms with van der Waals surface area (Å²) in [6.07, 6.45) is 2.28. The van der Waals surface area contributed by atoms with Crippen molar-refractivity contribution in [3.05, 3.63) is 82.1 Å². The summed E-state index contributed by atoms with van der Waals surface area (Å²) < 4.78 is 0. The zero-order valence-electron chi connectivity index (χ0n) is 21.8. The Balaban J connectivity index is 1.49. The zero-order chi connectivity index (χ0) is 27.8. The lowest BCUT2D eigenvalue weighted by atomic mass is 10.1. The summed E-state index contributed by atoms with van der Waals surface area (Å²) in [5, 5.41) is 26.8. The first-order valence-corrected chi connectivity index (χ1v) is 13.7. The minimum Gasteiger partial charge on any atom is -0.480 e. The molecule has 4 N–H and O–H groups in total. The lowest BCUT2D eigenvalue weighted by Gasteiger charge is -2.29. The van der Waals surface area contributed by atoms with Crippen molar-refractivity contribution in [2.24, 2.45) is 0 Å². The number of nitrogens with one attached hydrogen (secondary N) is 3. The Morgan fingerprint density at radius 2 is 1.46 bits per heavy atom. The molecule has 0 spiro atoms. The summed E-state index contributed by atoms with van der Waals surface area (Å²) in [5.74, 6) is -0.646. The molecule has 0 fully saturated rings. The van der Waals surface area contributed by atoms with Gasteiger partial charge in [0.15, 0.2) is 5.96 Å². The minimum absolute atomic E-state index is 0.214. The lowest BCUT2D eigenvalue weighted by Crippen LogP contribution is -2.44. The van der Waals surface area contributed by atoms with Crippen molar-refractivity contribution in [3.63, 3.8) is 0 Å². The SMILES string of the molecule is CNC(=N)NCCCC(C(=O)O)N(CCc1ccc2cc(Cl)ccc2n1)CCc1ccc2cc(Cl)ccc2n1. The topological polar surface area (TPSA) is 114 Å². The monoisotopic (exact) mass is 566 g/mol. The quantitative estimate of drug-likeness (QED) is 0.106. The van der Waals surface area contributed by atoms with Crippen molar-refractivity contribution in [3.8, 4) is 0 Å². The first kappa shape index (κ1) is 28.5. The van der Waals surface area contributed by atoms with Gasteiger partial charge < -0.3 is 15.7 Å². The second kappa shape index (κ2) is 13.6. The molecular weight excluding hydrogens is 535 g/mol. The van der Waals surface area contributed by atoms with Crippen LogP contribution in [0.15, 0.2) is 60.7 Å². The molecule has 0 amide bonds. The van der Waals surface area contributed by atoms with Crippen LogP contribution in [0.1, 0.15) is 24.2 Å². The molecule has 4 rings (SSSR count). The molecule has 4 aromatic rings. The van der Waals surface area contributed by atoms with E-state index >= 15 is 0 Å². The maximum atomic E-state index is 12.4. The van der Waals surface area contributed by atoms with Gasteiger partial charge in [-0.25, -0.2) is 0 Å². The molecule has 2 aromatic carbocycles. The number of guanidine groups is 1. The molecule has 8 nitrogen and oxygen atoms in total. The third-order valence-corrected chi connectivity index (χ3v) is 7.13. The van der Waals surface area contributed by atoms with Crippen molar-refractivity contribution >= 4 is 56.9 Å². The van der Waals surface area contributed by atoms with E-state index in [1.165, 1.54) is 0 Å². The van der Waals surface area contributed by atoms with E-state index in [9.17, 15) is 9.90 Å². The van der Waals surface area contributed by atoms with E-state index in [1.807, 2.05) is 65.6 Å². The lowest BCUT2D eigenvalue weighted by molar-refractivity contribution is -0.143. The molecule has 0 bridgehead atoms. The van der Waals surface area contributed by atoms with Crippen LogP contribution in [0, 0.1) is 5.41 Å². The number of aromatic nitrogens is 2. The molecule has 0 aliphatic heterocycles. The van der Waals surface area contributed by atoms with Gasteiger partial charge in [0.25, 0.3) is 0 Å². The van der Waals surface area contributed by atoms with Crippen molar-refractivity contribution in [1.29, 1.82) is 5.41 Å². The van der Waals surface area contributed by atoms with E-state index in [-0.39, 0.29) is 5.96 Å². The molecule has 10 heteroatoms. The van der Waals surface area contributed by atoms with Gasteiger partial charge in [0.05, 0.1) is 11.0 Å². The number of carboxylic acid groups (broad SMARTS) is 1. The summed E-state index contributed by atoms with van der Waals surface area (Å²) in [5.41, 5.74) is 3.50. The van der Waals surface area contributed by atoms with E-state index in [4.69, 9.17) is 38.6 Å². The van der Waals surface area contributed by atoms with Gasteiger partial charge in [0, 0.05) is 71.7 Å². The highest BCUT2D eigenvalue weighted by Gasteiger charge is 2.25. The minimum atomic E-state index is -0.860. The van der Waals surface area contributed by atoms with Crippen LogP contribution in [0.4, 0.5) is 0 Å². The number of hydrogen-bond acceptors (Lipinski definition) is 5. The first-order valence-electron chi connectivity index (χ1n) is 12.9. The average Bonchev–Trinajstić information content (AvgIpc) is 2.93. The van der Waals surface area contributed by atoms with Crippen LogP contribution in [0.2, 0.25) is 10.0 Å². The Hall–Kier alpha value is -3.46. The van der Waals surface area contributed by atoms with Crippen LogP contribution in [-0.2, 0) is 17.6 Å². The van der Waals surface area contributed by atoms with Gasteiger partial charge in [-0.05, 0) is 61.4 Å². The van der Waals surface area contributed by atoms with Gasteiger partial charge in [0.2, 0.25) is 0 Å². The third kappa shape index (κ3) is 8.02. The molecular formula is C29H32Cl2N6O2. The highest BCUT2D eigenvalue weighted by molar-refractivity contribution is 6.31. The summed E-state index contributed by atoms with van der Waals surface area (Å²) >= 11 is 12.2. The van der Waals surface area contributed by atoms with Gasteiger partial charge in [-0.15, -0.1) is 0 Å². The third-order valence-electron chi connectivity index (χ3n) is 6.66. The van der Waals surface area contributed by atoms with Crippen molar-refractivity contribution in [2.45, 2.75) is 31.7 Å². The number of nitrogens with zero attached hydrogens (tertiary/aromatic N) is 3. The number of benzene rings is 2. The number of rotatable bonds is 12. The Bertz CT molecular complexity index is 1380. The molecule has 0 aliphatic carbocycles. The maximum Gasteiger partial charge on any atom is 0.320 e. The van der Waals surface area contributed by atoms with Crippen LogP contribution in [0.3, 0.4) is 0 Å². The van der Waals surface area contributed by atoms with Crippen LogP contribution in [0.25, 0.3) is 21.8 Å². The number of carboxylic acids is 1. The standard InChI is InChI=1S/C29H32Cl2N6O2/c1-33-29(32)34-14-2-3-27(28(38)39)37(15-12-23-8-4-19-17-21(30)6-10-25(19)35-23)16-13-24-9-5-20-18-22(31)7-11-26(20)36-24/h4-11,17-18,27H,2-3,12-16H2,1H3,(H,38,39)(H3,32,33,34). The van der Waals surface area contributed by atoms with E-state index in [2.05, 4.69) is 10.6 Å². The highest BCUT2D eigenvalue weighted by Crippen LogP contribution is 2.20. The predicted molar refractivity (Wildman–Crippen MR) is 158 cm³/mol. The number of hydrogen-bond donors (Lipinski definition) is 4. The Morgan fingerprint density at radius 1 is 0.923 bits per heavy atom. The fourth-order valence-corrected chi connectivity index (χ4v) is 4.92. The van der Waals surface area contributed by atoms with Gasteiger partial charge >= 0.3 is 5.97 Å². The smallest absolute Gasteiger partial charge is 0.320 e. The fraction of sp³-hybridized carbons (Fsp3) is 0.310. The molecule has 0 saturated carbocycles. The van der Waals surface area contributed by atoms with Crippen molar-refractivity contribution in [1.82, 2.24) is 25.5 Å². The summed E-state index contributed by atoms with van der Waals surface area (Å²) in [4.78, 5) is 23.9. The van der Waals surface area contributed by atoms with Crippen molar-refractivity contribution < 1.29 is 9.90 Å². The van der Waals surface area contributed by atoms with Crippen LogP contribution >= 0.6 is 23.2 Å². The highest BCUT2D eigenvalue weighted by atomic mass is 35.5. The summed E-state index contributed by atoms with van der Waals surface area (Å²) in [7, 11) is 1.67. The maximum absolute atomic E-state index is 12.4. The number of pyridine rings is 2. The molecule has 0 aliphatic rings. The molecule has 1 unspecified atom stereocenters. The van der Waals surface area contributed by atoms with Gasteiger partial charge in [-0.1, -0.05) is 35.3 Å². The number of aliphatic carboxylic acids is 1. The first-order chi connectivity index (χ1) is 18.8. The fourth-order valence-electron chi connectivity index (χ4n) is 4.55. The molecule has 2 heterocycles. The number of halogens is 2. The van der Waals surface area contributed by atoms with Crippen LogP contribution in [-0.4, -0.2) is 64.6 Å². The molecule has 39 heavy (non-hydrogen) atoms. The van der Waals surface area contributed by atoms with Crippen molar-refractivity contribution in [2.75, 3.05) is 26.7 Å². The predicted octanol–water partition coefficient (Wildman–Crippen LogP) is 5.15. The number of carbonyl (C=O) groups is 1. The Morgan fingerprint density at radius 3 is 1.95 bits per heavy atom. The zero-order valence-corrected chi connectivity index (χ0v) is 23.3. The van der Waals surface area contributed by atoms with E-state index < -0.39 is 12.0 Å². The second-order valence-corrected chi connectivity index (χ2v) is 10.2. The Labute approximate surface area is 237 Å². The summed E-state index contributed by atoms with van der Waals surface area (Å²) in [6.45, 7) is 1.58. The normalized spacial score (nSPS) is 12.1. The molecule has 2 aromatic heterocycles. The van der Waals surface area contributed by atoms with Gasteiger partial charge in [-0.2, -0.15) is 0 Å². The van der Waals surface area contributed by atoms with Gasteiger partial charge in [-0.3, -0.25) is 25.1 Å². The average molecular weight is 568 g/mol. The number of fused-ring (bicyclic) bond motifs is 2. The summed E-state index contributed by atoms with van der Waals surface area (Å²) in [6, 6.07) is 18.5.